The van der Waals surface area contributed by atoms with Gasteiger partial charge in [0.1, 0.15) is 5.82 Å². The lowest BCUT2D eigenvalue weighted by Gasteiger charge is -2.07. The van der Waals surface area contributed by atoms with Gasteiger partial charge in [-0.25, -0.2) is 4.39 Å². The number of hydrogen-bond acceptors (Lipinski definition) is 4. The summed E-state index contributed by atoms with van der Waals surface area (Å²) in [5.74, 6) is -1.77. The third-order valence-electron chi connectivity index (χ3n) is 2.59. The number of carbonyl (C=O) groups is 2. The lowest BCUT2D eigenvalue weighted by molar-refractivity contribution is -0.139. The molecule has 116 valence electrons. The largest absolute Gasteiger partial charge is 0.394 e. The predicted molar refractivity (Wildman–Crippen MR) is 74.0 cm³/mol. The lowest BCUT2D eigenvalue weighted by Crippen LogP contribution is -2.41. The number of nitrogens with one attached hydrogen (secondary N) is 2. The molecule has 1 aromatic carbocycles. The quantitative estimate of drug-likeness (QED) is 0.450. The van der Waals surface area contributed by atoms with E-state index in [1.165, 1.54) is 12.1 Å². The summed E-state index contributed by atoms with van der Waals surface area (Å²) in [7, 11) is 0. The van der Waals surface area contributed by atoms with Gasteiger partial charge in [0.15, 0.2) is 0 Å². The molecule has 2 amide bonds. The Morgan fingerprint density at radius 2 is 1.67 bits per heavy atom. The number of ether oxygens (including phenoxy) is 1. The van der Waals surface area contributed by atoms with Crippen LogP contribution < -0.4 is 10.6 Å². The summed E-state index contributed by atoms with van der Waals surface area (Å²) in [6, 6.07) is 5.94. The zero-order valence-corrected chi connectivity index (χ0v) is 11.6. The first-order valence-corrected chi connectivity index (χ1v) is 6.62. The van der Waals surface area contributed by atoms with E-state index >= 15 is 0 Å². The Kier molecular flexibility index (Phi) is 8.00. The molecule has 0 aliphatic heterocycles. The van der Waals surface area contributed by atoms with Crippen LogP contribution in [0.3, 0.4) is 0 Å². The molecule has 0 atom stereocenters. The van der Waals surface area contributed by atoms with Gasteiger partial charge in [0.05, 0.1) is 19.8 Å². The van der Waals surface area contributed by atoms with Crippen molar-refractivity contribution in [2.45, 2.75) is 6.42 Å². The number of halogens is 1. The van der Waals surface area contributed by atoms with Gasteiger partial charge in [0, 0.05) is 13.1 Å². The molecule has 0 radical (unpaired) electrons. The maximum atomic E-state index is 12.7. The molecular weight excluding hydrogens is 279 g/mol. The van der Waals surface area contributed by atoms with Crippen LogP contribution in [0, 0.1) is 5.82 Å². The molecule has 7 heteroatoms. The van der Waals surface area contributed by atoms with E-state index in [-0.39, 0.29) is 32.2 Å². The lowest BCUT2D eigenvalue weighted by atomic mass is 10.1. The molecule has 0 bridgehead atoms. The smallest absolute Gasteiger partial charge is 0.309 e. The summed E-state index contributed by atoms with van der Waals surface area (Å²) < 4.78 is 17.6. The van der Waals surface area contributed by atoms with E-state index in [0.29, 0.717) is 13.0 Å². The van der Waals surface area contributed by atoms with Crippen LogP contribution in [0.25, 0.3) is 0 Å². The number of amides is 2. The van der Waals surface area contributed by atoms with E-state index in [9.17, 15) is 14.0 Å². The minimum Gasteiger partial charge on any atom is -0.394 e. The minimum atomic E-state index is -0.735. The molecule has 3 N–H and O–H groups in total. The van der Waals surface area contributed by atoms with Crippen LogP contribution in [0.1, 0.15) is 5.56 Å². The number of rotatable bonds is 8. The highest BCUT2D eigenvalue weighted by Gasteiger charge is 2.11. The van der Waals surface area contributed by atoms with Crippen molar-refractivity contribution < 1.29 is 23.8 Å². The zero-order chi connectivity index (χ0) is 15.5. The van der Waals surface area contributed by atoms with Gasteiger partial charge in [0.2, 0.25) is 0 Å². The second-order valence-corrected chi connectivity index (χ2v) is 4.22. The van der Waals surface area contributed by atoms with Crippen LogP contribution in [-0.4, -0.2) is 49.8 Å². The minimum absolute atomic E-state index is 0.0855. The van der Waals surface area contributed by atoms with Crippen molar-refractivity contribution in [1.29, 1.82) is 0 Å². The molecule has 1 aromatic rings. The van der Waals surface area contributed by atoms with Crippen molar-refractivity contribution in [1.82, 2.24) is 10.6 Å². The summed E-state index contributed by atoms with van der Waals surface area (Å²) in [5.41, 5.74) is 0.870. The number of carbonyl (C=O) groups excluding carboxylic acids is 2. The molecule has 0 aliphatic carbocycles. The van der Waals surface area contributed by atoms with Crippen molar-refractivity contribution in [2.75, 3.05) is 32.9 Å². The van der Waals surface area contributed by atoms with Crippen LogP contribution in [0.5, 0.6) is 0 Å². The van der Waals surface area contributed by atoms with Gasteiger partial charge in [-0.1, -0.05) is 12.1 Å². The monoisotopic (exact) mass is 298 g/mol. The third kappa shape index (κ3) is 7.38. The SMILES string of the molecule is O=C(NCCOCCO)C(=O)NCCc1ccc(F)cc1. The van der Waals surface area contributed by atoms with Crippen molar-refractivity contribution >= 4 is 11.8 Å². The van der Waals surface area contributed by atoms with E-state index in [1.807, 2.05) is 0 Å². The average molecular weight is 298 g/mol. The van der Waals surface area contributed by atoms with E-state index in [0.717, 1.165) is 5.56 Å². The van der Waals surface area contributed by atoms with Crippen molar-refractivity contribution in [2.24, 2.45) is 0 Å². The molecule has 0 fully saturated rings. The first-order chi connectivity index (χ1) is 10.1. The normalized spacial score (nSPS) is 10.2. The van der Waals surface area contributed by atoms with Crippen LogP contribution in [0.2, 0.25) is 0 Å². The number of aliphatic hydroxyl groups excluding tert-OH is 1. The van der Waals surface area contributed by atoms with E-state index < -0.39 is 11.8 Å². The van der Waals surface area contributed by atoms with Gasteiger partial charge in [0.25, 0.3) is 0 Å². The molecule has 0 saturated heterocycles. The zero-order valence-electron chi connectivity index (χ0n) is 11.6. The van der Waals surface area contributed by atoms with Gasteiger partial charge in [-0.05, 0) is 24.1 Å². The van der Waals surface area contributed by atoms with Crippen molar-refractivity contribution in [3.05, 3.63) is 35.6 Å². The topological polar surface area (TPSA) is 87.7 Å². The number of benzene rings is 1. The fraction of sp³-hybridized carbons (Fsp3) is 0.429. The molecule has 21 heavy (non-hydrogen) atoms. The average Bonchev–Trinajstić information content (AvgIpc) is 2.48. The van der Waals surface area contributed by atoms with Gasteiger partial charge in [-0.3, -0.25) is 9.59 Å². The summed E-state index contributed by atoms with van der Waals surface area (Å²) in [6.07, 6.45) is 0.513. The fourth-order valence-electron chi connectivity index (χ4n) is 1.54. The Hall–Kier alpha value is -1.99. The van der Waals surface area contributed by atoms with E-state index in [4.69, 9.17) is 9.84 Å². The number of aliphatic hydroxyl groups is 1. The maximum Gasteiger partial charge on any atom is 0.309 e. The van der Waals surface area contributed by atoms with Crippen LogP contribution in [-0.2, 0) is 20.7 Å². The van der Waals surface area contributed by atoms with Crippen LogP contribution in [0.15, 0.2) is 24.3 Å². The Labute approximate surface area is 122 Å². The molecule has 0 heterocycles. The molecule has 0 aromatic heterocycles. The second-order valence-electron chi connectivity index (χ2n) is 4.22. The molecule has 0 saturated carbocycles. The first-order valence-electron chi connectivity index (χ1n) is 6.62. The molecule has 6 nitrogen and oxygen atoms in total. The second kappa shape index (κ2) is 9.84. The van der Waals surface area contributed by atoms with E-state index in [2.05, 4.69) is 10.6 Å². The van der Waals surface area contributed by atoms with Crippen LogP contribution >= 0.6 is 0 Å². The summed E-state index contributed by atoms with van der Waals surface area (Å²) >= 11 is 0. The Morgan fingerprint density at radius 3 is 2.29 bits per heavy atom. The van der Waals surface area contributed by atoms with Gasteiger partial charge in [-0.15, -0.1) is 0 Å². The first kappa shape index (κ1) is 17.1. The molecule has 0 aliphatic rings. The standard InChI is InChI=1S/C14H19FN2O4/c15-12-3-1-11(2-4-12)5-6-16-13(19)14(20)17-7-9-21-10-8-18/h1-4,18H,5-10H2,(H,16,19)(H,17,20). The Balaban J connectivity index is 2.14. The summed E-state index contributed by atoms with van der Waals surface area (Å²) in [6.45, 7) is 0.829. The summed E-state index contributed by atoms with van der Waals surface area (Å²) in [5, 5.41) is 13.3. The predicted octanol–water partition coefficient (Wildman–Crippen LogP) is -0.390. The van der Waals surface area contributed by atoms with Gasteiger partial charge >= 0.3 is 11.8 Å². The highest BCUT2D eigenvalue weighted by molar-refractivity contribution is 6.35. The van der Waals surface area contributed by atoms with Gasteiger partial charge < -0.3 is 20.5 Å². The Bertz CT molecular complexity index is 451. The van der Waals surface area contributed by atoms with E-state index in [1.54, 1.807) is 12.1 Å². The van der Waals surface area contributed by atoms with Crippen molar-refractivity contribution in [3.63, 3.8) is 0 Å². The van der Waals surface area contributed by atoms with Crippen LogP contribution in [0.4, 0.5) is 4.39 Å². The molecule has 1 rings (SSSR count). The molecule has 0 unspecified atom stereocenters. The summed E-state index contributed by atoms with van der Waals surface area (Å²) in [4.78, 5) is 22.8. The maximum absolute atomic E-state index is 12.7. The number of hydrogen-bond donors (Lipinski definition) is 3. The van der Waals surface area contributed by atoms with Gasteiger partial charge in [-0.2, -0.15) is 0 Å². The third-order valence-corrected chi connectivity index (χ3v) is 2.59. The van der Waals surface area contributed by atoms with Crippen molar-refractivity contribution in [3.8, 4) is 0 Å². The highest BCUT2D eigenvalue weighted by Crippen LogP contribution is 2.02. The highest BCUT2D eigenvalue weighted by atomic mass is 19.1. The molecule has 0 spiro atoms. The fourth-order valence-corrected chi connectivity index (χ4v) is 1.54. The molecular formula is C14H19FN2O4. The Morgan fingerprint density at radius 1 is 1.05 bits per heavy atom.